The van der Waals surface area contributed by atoms with E-state index in [2.05, 4.69) is 5.32 Å². The van der Waals surface area contributed by atoms with Crippen molar-refractivity contribution in [2.75, 3.05) is 30.3 Å². The summed E-state index contributed by atoms with van der Waals surface area (Å²) in [5, 5.41) is 10.8. The zero-order valence-electron chi connectivity index (χ0n) is 21.4. The van der Waals surface area contributed by atoms with E-state index in [9.17, 15) is 9.59 Å². The van der Waals surface area contributed by atoms with Gasteiger partial charge in [-0.25, -0.2) is 4.68 Å². The van der Waals surface area contributed by atoms with Crippen molar-refractivity contribution in [3.8, 4) is 16.3 Å². The van der Waals surface area contributed by atoms with E-state index in [1.807, 2.05) is 60.0 Å². The van der Waals surface area contributed by atoms with Crippen LogP contribution in [0.25, 0.3) is 16.3 Å². The Morgan fingerprint density at radius 3 is 2.75 bits per heavy atom. The first-order valence-corrected chi connectivity index (χ1v) is 15.7. The third-order valence-electron chi connectivity index (χ3n) is 6.93. The number of carbonyl (C=O) groups excluding carboxylic acids is 2. The van der Waals surface area contributed by atoms with Gasteiger partial charge in [-0.1, -0.05) is 53.5 Å². The molecule has 1 fully saturated rings. The van der Waals surface area contributed by atoms with Gasteiger partial charge in [0.2, 0.25) is 11.8 Å². The first kappa shape index (κ1) is 27.4. The van der Waals surface area contributed by atoms with Crippen LogP contribution in [0.4, 0.5) is 5.82 Å². The van der Waals surface area contributed by atoms with Gasteiger partial charge in [-0.2, -0.15) is 5.10 Å². The minimum atomic E-state index is -0.259. The summed E-state index contributed by atoms with van der Waals surface area (Å²) in [6.07, 6.45) is 1.90. The number of nitrogens with zero attached hydrogens (tertiary/aromatic N) is 3. The molecule has 1 saturated heterocycles. The number of nitrogens with one attached hydrogen (secondary N) is 1. The van der Waals surface area contributed by atoms with Crippen molar-refractivity contribution in [3.63, 3.8) is 0 Å². The van der Waals surface area contributed by atoms with E-state index in [1.165, 1.54) is 11.8 Å². The third-order valence-corrected chi connectivity index (χ3v) is 9.61. The van der Waals surface area contributed by atoms with Crippen LogP contribution in [0, 0.1) is 0 Å². The number of anilines is 1. The lowest BCUT2D eigenvalue weighted by Gasteiger charge is -2.24. The van der Waals surface area contributed by atoms with Gasteiger partial charge in [0.25, 0.3) is 0 Å². The van der Waals surface area contributed by atoms with Gasteiger partial charge in [0.1, 0.15) is 18.1 Å². The van der Waals surface area contributed by atoms with Gasteiger partial charge in [0.15, 0.2) is 0 Å². The summed E-state index contributed by atoms with van der Waals surface area (Å²) in [4.78, 5) is 29.5. The second kappa shape index (κ2) is 12.0. The molecule has 0 aliphatic carbocycles. The van der Waals surface area contributed by atoms with E-state index >= 15 is 0 Å². The number of hydrogen-bond donors (Lipinski definition) is 1. The molecule has 0 radical (unpaired) electrons. The molecule has 11 heteroatoms. The van der Waals surface area contributed by atoms with E-state index in [-0.39, 0.29) is 35.5 Å². The number of amides is 2. The lowest BCUT2D eigenvalue weighted by molar-refractivity contribution is -0.123. The number of ether oxygens (including phenoxy) is 1. The highest BCUT2D eigenvalue weighted by Crippen LogP contribution is 2.49. The van der Waals surface area contributed by atoms with Crippen LogP contribution in [-0.2, 0) is 14.3 Å². The summed E-state index contributed by atoms with van der Waals surface area (Å²) >= 11 is 16.2. The Kier molecular flexibility index (Phi) is 8.18. The number of hydrogen-bond acceptors (Lipinski definition) is 6. The molecule has 2 amide bonds. The summed E-state index contributed by atoms with van der Waals surface area (Å²) in [6.45, 7) is 0.971. The smallest absolute Gasteiger partial charge is 0.240 e. The molecule has 4 heterocycles. The highest BCUT2D eigenvalue weighted by Gasteiger charge is 2.38. The number of para-hydroxylation sites is 1. The van der Waals surface area contributed by atoms with Gasteiger partial charge in [-0.05, 0) is 54.1 Å². The van der Waals surface area contributed by atoms with Gasteiger partial charge >= 0.3 is 0 Å². The van der Waals surface area contributed by atoms with Crippen LogP contribution in [0.5, 0.6) is 0 Å². The summed E-state index contributed by atoms with van der Waals surface area (Å²) in [7, 11) is 0. The Labute approximate surface area is 250 Å². The topological polar surface area (TPSA) is 76.5 Å². The average Bonchev–Trinajstić information content (AvgIpc) is 3.72. The second-order valence-corrected chi connectivity index (χ2v) is 12.5. The molecule has 0 saturated carbocycles. The lowest BCUT2D eigenvalue weighted by atomic mass is 10.0. The lowest BCUT2D eigenvalue weighted by Crippen LogP contribution is -2.44. The molecule has 2 aliphatic heterocycles. The number of thioether (sulfide) groups is 1. The Bertz CT molecular complexity index is 1540. The molecule has 0 bridgehead atoms. The number of benzene rings is 2. The number of halogens is 2. The van der Waals surface area contributed by atoms with Crippen molar-refractivity contribution in [3.05, 3.63) is 87.2 Å². The monoisotopic (exact) mass is 612 g/mol. The number of rotatable bonds is 7. The van der Waals surface area contributed by atoms with Gasteiger partial charge in [-0.3, -0.25) is 14.5 Å². The normalized spacial score (nSPS) is 18.9. The third kappa shape index (κ3) is 5.53. The first-order chi connectivity index (χ1) is 19.5. The van der Waals surface area contributed by atoms with Crippen LogP contribution in [0.1, 0.15) is 29.2 Å². The van der Waals surface area contributed by atoms with E-state index in [4.69, 9.17) is 33.0 Å². The molecule has 2 unspecified atom stereocenters. The number of carbonyl (C=O) groups is 2. The molecule has 2 aromatic heterocycles. The van der Waals surface area contributed by atoms with Crippen molar-refractivity contribution in [1.29, 1.82) is 0 Å². The van der Waals surface area contributed by atoms with Crippen LogP contribution in [0.2, 0.25) is 10.0 Å². The summed E-state index contributed by atoms with van der Waals surface area (Å²) in [6, 6.07) is 19.0. The SMILES string of the molecule is O=C(CN1C(=O)CSC(c2cccc(Cl)c2)c2c(-c3cccs3)nn(-c3ccccc3Cl)c21)NCC1CCCO1. The second-order valence-electron chi connectivity index (χ2n) is 9.59. The zero-order chi connectivity index (χ0) is 27.6. The molecule has 0 spiro atoms. The Balaban J connectivity index is 1.51. The average molecular weight is 614 g/mol. The maximum absolute atomic E-state index is 13.8. The van der Waals surface area contributed by atoms with Crippen molar-refractivity contribution < 1.29 is 14.3 Å². The molecule has 206 valence electrons. The molecule has 2 atom stereocenters. The minimum Gasteiger partial charge on any atom is -0.376 e. The molecule has 4 aromatic rings. The van der Waals surface area contributed by atoms with Crippen LogP contribution >= 0.6 is 46.3 Å². The number of thiophene rings is 1. The molecule has 2 aromatic carbocycles. The van der Waals surface area contributed by atoms with Crippen LogP contribution < -0.4 is 10.2 Å². The summed E-state index contributed by atoms with van der Waals surface area (Å²) in [5.74, 6) is 0.264. The van der Waals surface area contributed by atoms with Gasteiger partial charge in [-0.15, -0.1) is 23.1 Å². The molecule has 1 N–H and O–H groups in total. The van der Waals surface area contributed by atoms with Crippen molar-refractivity contribution in [1.82, 2.24) is 15.1 Å². The predicted molar refractivity (Wildman–Crippen MR) is 162 cm³/mol. The van der Waals surface area contributed by atoms with E-state index < -0.39 is 0 Å². The fourth-order valence-electron chi connectivity index (χ4n) is 5.07. The fraction of sp³-hybridized carbons (Fsp3) is 0.276. The highest BCUT2D eigenvalue weighted by molar-refractivity contribution is 8.00. The van der Waals surface area contributed by atoms with Gasteiger partial charge in [0, 0.05) is 23.7 Å². The summed E-state index contributed by atoms with van der Waals surface area (Å²) in [5.41, 5.74) is 3.15. The van der Waals surface area contributed by atoms with Crippen molar-refractivity contribution in [2.45, 2.75) is 24.2 Å². The van der Waals surface area contributed by atoms with Gasteiger partial charge < -0.3 is 10.1 Å². The molecule has 7 nitrogen and oxygen atoms in total. The molecule has 40 heavy (non-hydrogen) atoms. The van der Waals surface area contributed by atoms with Crippen LogP contribution in [0.3, 0.4) is 0 Å². The van der Waals surface area contributed by atoms with E-state index in [0.29, 0.717) is 34.7 Å². The molecular formula is C29H26Cl2N4O3S2. The molecular weight excluding hydrogens is 587 g/mol. The standard InChI is InChI=1S/C29H26Cl2N4O3S2/c30-19-7-3-6-18(14-19)28-26-27(23-11-5-13-39-23)33-35(22-10-2-1-9-21(22)31)29(26)34(25(37)17-40-28)16-24(36)32-15-20-8-4-12-38-20/h1-3,5-7,9-11,13-14,20,28H,4,8,12,15-17H2,(H,32,36). The molecule has 6 rings (SSSR count). The van der Waals surface area contributed by atoms with E-state index in [0.717, 1.165) is 34.5 Å². The minimum absolute atomic E-state index is 0.00111. The highest BCUT2D eigenvalue weighted by atomic mass is 35.5. The Morgan fingerprint density at radius 2 is 2.00 bits per heavy atom. The maximum atomic E-state index is 13.8. The first-order valence-electron chi connectivity index (χ1n) is 13.0. The number of fused-ring (bicyclic) bond motifs is 1. The van der Waals surface area contributed by atoms with Gasteiger partial charge in [0.05, 0.1) is 32.7 Å². The fourth-order valence-corrected chi connectivity index (χ4v) is 7.40. The van der Waals surface area contributed by atoms with Crippen LogP contribution in [0.15, 0.2) is 66.0 Å². The van der Waals surface area contributed by atoms with E-state index in [1.54, 1.807) is 27.0 Å². The van der Waals surface area contributed by atoms with Crippen LogP contribution in [-0.4, -0.2) is 53.1 Å². The van der Waals surface area contributed by atoms with Crippen molar-refractivity contribution >= 4 is 63.9 Å². The Hall–Kier alpha value is -2.82. The number of aromatic nitrogens is 2. The Morgan fingerprint density at radius 1 is 1.12 bits per heavy atom. The predicted octanol–water partition coefficient (Wildman–Crippen LogP) is 6.37. The molecule has 2 aliphatic rings. The zero-order valence-corrected chi connectivity index (χ0v) is 24.5. The summed E-state index contributed by atoms with van der Waals surface area (Å²) < 4.78 is 7.37. The quantitative estimate of drug-likeness (QED) is 0.262. The van der Waals surface area contributed by atoms with Crippen molar-refractivity contribution in [2.24, 2.45) is 0 Å². The maximum Gasteiger partial charge on any atom is 0.240 e. The largest absolute Gasteiger partial charge is 0.376 e.